The van der Waals surface area contributed by atoms with Crippen molar-refractivity contribution in [2.75, 3.05) is 19.7 Å². The van der Waals surface area contributed by atoms with Crippen LogP contribution < -0.4 is 15.2 Å². The van der Waals surface area contributed by atoms with Crippen molar-refractivity contribution in [1.82, 2.24) is 4.90 Å². The average molecular weight is 312 g/mol. The van der Waals surface area contributed by atoms with E-state index in [0.717, 1.165) is 5.56 Å². The minimum absolute atomic E-state index is 0.103. The molecule has 1 amide bonds. The first kappa shape index (κ1) is 15.4. The van der Waals surface area contributed by atoms with E-state index in [4.69, 9.17) is 15.2 Å². The van der Waals surface area contributed by atoms with Gasteiger partial charge in [0.1, 0.15) is 6.61 Å². The van der Waals surface area contributed by atoms with Crippen LogP contribution in [0.15, 0.2) is 54.6 Å². The van der Waals surface area contributed by atoms with Crippen LogP contribution in [0.5, 0.6) is 11.5 Å². The van der Waals surface area contributed by atoms with Gasteiger partial charge in [-0.2, -0.15) is 0 Å². The molecule has 5 nitrogen and oxygen atoms in total. The molecule has 0 saturated heterocycles. The molecule has 0 radical (unpaired) electrons. The Kier molecular flexibility index (Phi) is 4.78. The highest BCUT2D eigenvalue weighted by Gasteiger charge is 2.30. The topological polar surface area (TPSA) is 64.8 Å². The molecule has 1 aliphatic rings. The summed E-state index contributed by atoms with van der Waals surface area (Å²) in [4.78, 5) is 14.5. The number of fused-ring (bicyclic) bond motifs is 1. The van der Waals surface area contributed by atoms with E-state index in [1.807, 2.05) is 48.5 Å². The summed E-state index contributed by atoms with van der Waals surface area (Å²) in [6, 6.07) is 17.2. The number of para-hydroxylation sites is 2. The van der Waals surface area contributed by atoms with Crippen molar-refractivity contribution in [3.63, 3.8) is 0 Å². The monoisotopic (exact) mass is 312 g/mol. The molecule has 0 aromatic heterocycles. The van der Waals surface area contributed by atoms with Crippen LogP contribution in [0.4, 0.5) is 0 Å². The first-order chi connectivity index (χ1) is 11.3. The van der Waals surface area contributed by atoms with Crippen molar-refractivity contribution in [3.05, 3.63) is 60.2 Å². The second kappa shape index (κ2) is 7.15. The molecule has 0 spiro atoms. The van der Waals surface area contributed by atoms with E-state index in [0.29, 0.717) is 31.1 Å². The highest BCUT2D eigenvalue weighted by Crippen LogP contribution is 2.31. The maximum Gasteiger partial charge on any atom is 0.267 e. The van der Waals surface area contributed by atoms with Crippen molar-refractivity contribution in [3.8, 4) is 11.5 Å². The summed E-state index contributed by atoms with van der Waals surface area (Å²) in [6.07, 6.45) is -0.639. The molecule has 1 heterocycles. The molecule has 1 atom stereocenters. The van der Waals surface area contributed by atoms with E-state index in [-0.39, 0.29) is 12.5 Å². The Hall–Kier alpha value is -2.53. The average Bonchev–Trinajstić information content (AvgIpc) is 2.61. The Balaban J connectivity index is 1.71. The van der Waals surface area contributed by atoms with Gasteiger partial charge in [-0.1, -0.05) is 42.5 Å². The van der Waals surface area contributed by atoms with Gasteiger partial charge in [0.25, 0.3) is 5.91 Å². The summed E-state index contributed by atoms with van der Waals surface area (Å²) in [5.41, 5.74) is 6.72. The fourth-order valence-corrected chi connectivity index (χ4v) is 2.57. The first-order valence-corrected chi connectivity index (χ1v) is 7.69. The summed E-state index contributed by atoms with van der Waals surface area (Å²) in [5, 5.41) is 0. The third-order valence-electron chi connectivity index (χ3n) is 3.71. The molecule has 5 heteroatoms. The van der Waals surface area contributed by atoms with Crippen molar-refractivity contribution in [1.29, 1.82) is 0 Å². The van der Waals surface area contributed by atoms with Gasteiger partial charge in [-0.3, -0.25) is 4.79 Å². The number of hydrogen-bond acceptors (Lipinski definition) is 4. The highest BCUT2D eigenvalue weighted by atomic mass is 16.6. The number of carbonyl (C=O) groups is 1. The molecule has 2 aromatic rings. The minimum atomic E-state index is -0.639. The lowest BCUT2D eigenvalue weighted by atomic mass is 10.2. The maximum absolute atomic E-state index is 12.8. The van der Waals surface area contributed by atoms with Gasteiger partial charge < -0.3 is 20.1 Å². The van der Waals surface area contributed by atoms with Crippen molar-refractivity contribution in [2.45, 2.75) is 12.6 Å². The van der Waals surface area contributed by atoms with Crippen molar-refractivity contribution >= 4 is 5.91 Å². The van der Waals surface area contributed by atoms with E-state index in [9.17, 15) is 4.79 Å². The number of amides is 1. The van der Waals surface area contributed by atoms with Crippen LogP contribution in [0.3, 0.4) is 0 Å². The predicted octanol–water partition coefficient (Wildman–Crippen LogP) is 1.81. The number of carbonyl (C=O) groups excluding carboxylic acids is 1. The Labute approximate surface area is 135 Å². The fraction of sp³-hybridized carbons (Fsp3) is 0.278. The summed E-state index contributed by atoms with van der Waals surface area (Å²) in [5.74, 6) is 1.17. The van der Waals surface area contributed by atoms with Crippen LogP contribution in [0.1, 0.15) is 5.56 Å². The number of rotatable bonds is 5. The van der Waals surface area contributed by atoms with E-state index in [1.54, 1.807) is 11.0 Å². The standard InChI is InChI=1S/C18H20N2O3/c19-10-11-20(12-14-6-2-1-3-7-14)18(21)17-13-22-15-8-4-5-9-16(15)23-17/h1-9,17H,10-13,19H2. The largest absolute Gasteiger partial charge is 0.485 e. The second-order valence-corrected chi connectivity index (χ2v) is 5.40. The molecule has 23 heavy (non-hydrogen) atoms. The van der Waals surface area contributed by atoms with E-state index in [2.05, 4.69) is 0 Å². The fourth-order valence-electron chi connectivity index (χ4n) is 2.57. The Morgan fingerprint density at radius 3 is 2.52 bits per heavy atom. The molecular formula is C18H20N2O3. The van der Waals surface area contributed by atoms with Crippen LogP contribution >= 0.6 is 0 Å². The number of ether oxygens (including phenoxy) is 2. The number of benzene rings is 2. The van der Waals surface area contributed by atoms with E-state index < -0.39 is 6.10 Å². The molecule has 2 aromatic carbocycles. The van der Waals surface area contributed by atoms with Crippen LogP contribution in [0, 0.1) is 0 Å². The quantitative estimate of drug-likeness (QED) is 0.914. The van der Waals surface area contributed by atoms with E-state index in [1.165, 1.54) is 0 Å². The molecular weight excluding hydrogens is 292 g/mol. The summed E-state index contributed by atoms with van der Waals surface area (Å²) < 4.78 is 11.4. The molecule has 0 saturated carbocycles. The molecule has 0 bridgehead atoms. The summed E-state index contributed by atoms with van der Waals surface area (Å²) in [6.45, 7) is 1.61. The van der Waals surface area contributed by atoms with Gasteiger partial charge in [-0.05, 0) is 17.7 Å². The van der Waals surface area contributed by atoms with Gasteiger partial charge in [0, 0.05) is 19.6 Å². The second-order valence-electron chi connectivity index (χ2n) is 5.40. The Morgan fingerprint density at radius 2 is 1.78 bits per heavy atom. The maximum atomic E-state index is 12.8. The molecule has 1 unspecified atom stereocenters. The number of hydrogen-bond donors (Lipinski definition) is 1. The minimum Gasteiger partial charge on any atom is -0.485 e. The predicted molar refractivity (Wildman–Crippen MR) is 87.3 cm³/mol. The van der Waals surface area contributed by atoms with Crippen LogP contribution in [0.25, 0.3) is 0 Å². The molecule has 0 fully saturated rings. The smallest absolute Gasteiger partial charge is 0.267 e. The lowest BCUT2D eigenvalue weighted by Crippen LogP contribution is -2.47. The van der Waals surface area contributed by atoms with Gasteiger partial charge >= 0.3 is 0 Å². The molecule has 0 aliphatic carbocycles. The normalized spacial score (nSPS) is 16.0. The van der Waals surface area contributed by atoms with Crippen molar-refractivity contribution < 1.29 is 14.3 Å². The van der Waals surface area contributed by atoms with Gasteiger partial charge in [0.05, 0.1) is 0 Å². The zero-order valence-electron chi connectivity index (χ0n) is 12.9. The molecule has 2 N–H and O–H groups in total. The molecule has 120 valence electrons. The van der Waals surface area contributed by atoms with Gasteiger partial charge in [0.15, 0.2) is 11.5 Å². The first-order valence-electron chi connectivity index (χ1n) is 7.69. The van der Waals surface area contributed by atoms with Crippen molar-refractivity contribution in [2.24, 2.45) is 5.73 Å². The third kappa shape index (κ3) is 3.63. The molecule has 1 aliphatic heterocycles. The highest BCUT2D eigenvalue weighted by molar-refractivity contribution is 5.82. The number of nitrogens with zero attached hydrogens (tertiary/aromatic N) is 1. The Morgan fingerprint density at radius 1 is 1.09 bits per heavy atom. The van der Waals surface area contributed by atoms with Crippen LogP contribution in [-0.4, -0.2) is 36.6 Å². The van der Waals surface area contributed by atoms with Crippen LogP contribution in [0.2, 0.25) is 0 Å². The van der Waals surface area contributed by atoms with Gasteiger partial charge in [-0.15, -0.1) is 0 Å². The lowest BCUT2D eigenvalue weighted by Gasteiger charge is -2.30. The Bertz CT molecular complexity index is 660. The zero-order chi connectivity index (χ0) is 16.1. The van der Waals surface area contributed by atoms with Gasteiger partial charge in [-0.25, -0.2) is 0 Å². The van der Waals surface area contributed by atoms with E-state index >= 15 is 0 Å². The lowest BCUT2D eigenvalue weighted by molar-refractivity contribution is -0.141. The van der Waals surface area contributed by atoms with Crippen LogP contribution in [-0.2, 0) is 11.3 Å². The zero-order valence-corrected chi connectivity index (χ0v) is 12.9. The van der Waals surface area contributed by atoms with Gasteiger partial charge in [0.2, 0.25) is 6.10 Å². The number of nitrogens with two attached hydrogens (primary N) is 1. The SMILES string of the molecule is NCCN(Cc1ccccc1)C(=O)C1COc2ccccc2O1. The molecule has 3 rings (SSSR count). The summed E-state index contributed by atoms with van der Waals surface area (Å²) >= 11 is 0. The third-order valence-corrected chi connectivity index (χ3v) is 3.71. The summed E-state index contributed by atoms with van der Waals surface area (Å²) in [7, 11) is 0.